The van der Waals surface area contributed by atoms with Crippen LogP contribution in [0, 0.1) is 0 Å². The zero-order valence-corrected chi connectivity index (χ0v) is 19.2. The third-order valence-electron chi connectivity index (χ3n) is 4.24. The number of carbonyl (C=O) groups excluding carboxylic acids is 1. The van der Waals surface area contributed by atoms with Crippen LogP contribution in [0.25, 0.3) is 5.69 Å². The van der Waals surface area contributed by atoms with E-state index in [1.807, 2.05) is 22.9 Å². The number of carbonyl (C=O) groups is 1. The average molecular weight is 509 g/mol. The molecule has 0 aliphatic rings. The van der Waals surface area contributed by atoms with Gasteiger partial charge >= 0.3 is 0 Å². The summed E-state index contributed by atoms with van der Waals surface area (Å²) in [6.07, 6.45) is 5.15. The van der Waals surface area contributed by atoms with Crippen LogP contribution in [-0.4, -0.2) is 34.1 Å². The Labute approximate surface area is 197 Å². The van der Waals surface area contributed by atoms with E-state index in [4.69, 9.17) is 23.2 Å². The van der Waals surface area contributed by atoms with Crippen molar-refractivity contribution in [1.82, 2.24) is 24.5 Å². The summed E-state index contributed by atoms with van der Waals surface area (Å²) in [5.41, 5.74) is 1.83. The zero-order chi connectivity index (χ0) is 22.7. The number of rotatable bonds is 7. The minimum absolute atomic E-state index is 0.0195. The van der Waals surface area contributed by atoms with Gasteiger partial charge in [-0.2, -0.15) is 0 Å². The highest BCUT2D eigenvalue weighted by atomic mass is 35.5. The molecular formula is C19H14Cl2N6O3S2. The first-order valence-electron chi connectivity index (χ1n) is 8.99. The Balaban J connectivity index is 1.40. The van der Waals surface area contributed by atoms with Crippen molar-refractivity contribution in [2.75, 3.05) is 5.32 Å². The quantitative estimate of drug-likeness (QED) is 0.366. The number of anilines is 1. The first kappa shape index (κ1) is 22.4. The van der Waals surface area contributed by atoms with Crippen LogP contribution in [0.2, 0.25) is 10.0 Å². The van der Waals surface area contributed by atoms with Gasteiger partial charge in [0.25, 0.3) is 15.9 Å². The van der Waals surface area contributed by atoms with Gasteiger partial charge in [0.1, 0.15) is 0 Å². The highest BCUT2D eigenvalue weighted by molar-refractivity contribution is 7.91. The monoisotopic (exact) mass is 508 g/mol. The maximum atomic E-state index is 12.6. The van der Waals surface area contributed by atoms with Crippen molar-refractivity contribution >= 4 is 55.6 Å². The largest absolute Gasteiger partial charge is 0.306 e. The third kappa shape index (κ3) is 5.14. The number of amides is 1. The van der Waals surface area contributed by atoms with E-state index in [9.17, 15) is 13.2 Å². The van der Waals surface area contributed by atoms with Crippen molar-refractivity contribution < 1.29 is 13.2 Å². The number of hydrogen-bond donors (Lipinski definition) is 2. The fourth-order valence-corrected chi connectivity index (χ4v) is 5.09. The van der Waals surface area contributed by atoms with Crippen LogP contribution in [0.5, 0.6) is 0 Å². The lowest BCUT2D eigenvalue weighted by atomic mass is 10.2. The van der Waals surface area contributed by atoms with Gasteiger partial charge in [-0.05, 0) is 35.9 Å². The molecule has 1 amide bonds. The molecule has 2 heterocycles. The van der Waals surface area contributed by atoms with E-state index in [-0.39, 0.29) is 26.6 Å². The second kappa shape index (κ2) is 9.35. The van der Waals surface area contributed by atoms with Crippen molar-refractivity contribution in [3.05, 3.63) is 82.4 Å². The number of aromatic nitrogens is 4. The summed E-state index contributed by atoms with van der Waals surface area (Å²) in [6.45, 7) is 0.0637. The zero-order valence-electron chi connectivity index (χ0n) is 16.1. The van der Waals surface area contributed by atoms with E-state index in [0.717, 1.165) is 22.6 Å². The Bertz CT molecular complexity index is 1360. The van der Waals surface area contributed by atoms with Gasteiger partial charge in [0.05, 0.1) is 16.9 Å². The molecule has 0 radical (unpaired) electrons. The summed E-state index contributed by atoms with van der Waals surface area (Å²) in [5.74, 6) is -0.558. The molecule has 0 fully saturated rings. The molecule has 2 aromatic heterocycles. The van der Waals surface area contributed by atoms with Gasteiger partial charge in [0.2, 0.25) is 9.47 Å². The number of benzene rings is 2. The van der Waals surface area contributed by atoms with Gasteiger partial charge in [0.15, 0.2) is 0 Å². The lowest BCUT2D eigenvalue weighted by Gasteiger charge is -2.06. The van der Waals surface area contributed by atoms with Gasteiger partial charge in [-0.25, -0.2) is 18.1 Å². The molecule has 164 valence electrons. The highest BCUT2D eigenvalue weighted by Gasteiger charge is 2.21. The standard InChI is InChI=1S/C19H14Cl2N6O3S2/c20-13-3-6-15(16(21)9-13)17(28)24-18-25-26-19(31-18)32(29,30)23-10-12-1-4-14(5-2-12)27-8-7-22-11-27/h1-9,11,23H,10H2,(H,24,25,28). The Hall–Kier alpha value is -2.83. The number of sulfonamides is 1. The molecule has 4 rings (SSSR count). The molecule has 0 aliphatic heterocycles. The maximum absolute atomic E-state index is 12.6. The molecule has 0 aliphatic carbocycles. The Morgan fingerprint density at radius 2 is 1.88 bits per heavy atom. The van der Waals surface area contributed by atoms with E-state index < -0.39 is 15.9 Å². The lowest BCUT2D eigenvalue weighted by Crippen LogP contribution is -2.23. The number of imidazole rings is 1. The molecule has 2 N–H and O–H groups in total. The second-order valence-electron chi connectivity index (χ2n) is 6.41. The highest BCUT2D eigenvalue weighted by Crippen LogP contribution is 2.24. The van der Waals surface area contributed by atoms with Crippen molar-refractivity contribution in [3.63, 3.8) is 0 Å². The van der Waals surface area contributed by atoms with Gasteiger partial charge < -0.3 is 4.57 Å². The van der Waals surface area contributed by atoms with Crippen LogP contribution in [0.15, 0.2) is 65.5 Å². The predicted molar refractivity (Wildman–Crippen MR) is 122 cm³/mol. The van der Waals surface area contributed by atoms with Crippen molar-refractivity contribution in [2.45, 2.75) is 10.9 Å². The van der Waals surface area contributed by atoms with Crippen LogP contribution >= 0.6 is 34.5 Å². The van der Waals surface area contributed by atoms with Gasteiger partial charge in [-0.1, -0.05) is 46.7 Å². The van der Waals surface area contributed by atoms with Gasteiger partial charge in [0, 0.05) is 29.6 Å². The molecule has 2 aromatic carbocycles. The van der Waals surface area contributed by atoms with Crippen LogP contribution in [0.3, 0.4) is 0 Å². The molecule has 0 bridgehead atoms. The van der Waals surface area contributed by atoms with Crippen molar-refractivity contribution in [1.29, 1.82) is 0 Å². The molecular weight excluding hydrogens is 495 g/mol. The van der Waals surface area contributed by atoms with E-state index in [1.165, 1.54) is 18.2 Å². The topological polar surface area (TPSA) is 119 Å². The Kier molecular flexibility index (Phi) is 6.53. The minimum Gasteiger partial charge on any atom is -0.306 e. The summed E-state index contributed by atoms with van der Waals surface area (Å²) in [5, 5.41) is 10.5. The normalized spacial score (nSPS) is 11.4. The van der Waals surface area contributed by atoms with Crippen LogP contribution in [0.4, 0.5) is 5.13 Å². The second-order valence-corrected chi connectivity index (χ2v) is 10.2. The van der Waals surface area contributed by atoms with E-state index in [0.29, 0.717) is 5.02 Å². The summed E-state index contributed by atoms with van der Waals surface area (Å²) in [7, 11) is -3.92. The summed E-state index contributed by atoms with van der Waals surface area (Å²) in [6, 6.07) is 11.7. The molecule has 0 unspecified atom stereocenters. The third-order valence-corrected chi connectivity index (χ3v) is 7.39. The minimum atomic E-state index is -3.92. The molecule has 4 aromatic rings. The predicted octanol–water partition coefficient (Wildman–Crippen LogP) is 3.76. The summed E-state index contributed by atoms with van der Waals surface area (Å²) in [4.78, 5) is 16.3. The molecule has 0 spiro atoms. The van der Waals surface area contributed by atoms with Gasteiger partial charge in [-0.15, -0.1) is 10.2 Å². The molecule has 0 atom stereocenters. The molecule has 0 saturated carbocycles. The Morgan fingerprint density at radius 1 is 1.09 bits per heavy atom. The number of hydrogen-bond acceptors (Lipinski definition) is 7. The number of nitrogens with zero attached hydrogens (tertiary/aromatic N) is 4. The number of nitrogens with one attached hydrogen (secondary N) is 2. The van der Waals surface area contributed by atoms with Crippen LogP contribution < -0.4 is 10.0 Å². The van der Waals surface area contributed by atoms with Crippen molar-refractivity contribution in [3.8, 4) is 5.69 Å². The molecule has 9 nitrogen and oxygen atoms in total. The fraction of sp³-hybridized carbons (Fsp3) is 0.0526. The van der Waals surface area contributed by atoms with E-state index >= 15 is 0 Å². The smallest absolute Gasteiger partial charge is 0.270 e. The van der Waals surface area contributed by atoms with E-state index in [1.54, 1.807) is 24.7 Å². The maximum Gasteiger partial charge on any atom is 0.270 e. The average Bonchev–Trinajstić information content (AvgIpc) is 3.45. The van der Waals surface area contributed by atoms with Crippen molar-refractivity contribution in [2.24, 2.45) is 0 Å². The Morgan fingerprint density at radius 3 is 2.56 bits per heavy atom. The molecule has 0 saturated heterocycles. The van der Waals surface area contributed by atoms with Crippen LogP contribution in [-0.2, 0) is 16.6 Å². The molecule has 13 heteroatoms. The summed E-state index contributed by atoms with van der Waals surface area (Å²) < 4.78 is 29.1. The number of halogens is 2. The molecule has 32 heavy (non-hydrogen) atoms. The van der Waals surface area contributed by atoms with E-state index in [2.05, 4.69) is 25.2 Å². The van der Waals surface area contributed by atoms with Gasteiger partial charge in [-0.3, -0.25) is 10.1 Å². The first-order chi connectivity index (χ1) is 15.3. The van der Waals surface area contributed by atoms with Crippen LogP contribution in [0.1, 0.15) is 15.9 Å². The first-order valence-corrected chi connectivity index (χ1v) is 12.0. The lowest BCUT2D eigenvalue weighted by molar-refractivity contribution is 0.102. The summed E-state index contributed by atoms with van der Waals surface area (Å²) >= 11 is 12.6. The SMILES string of the molecule is O=C(Nc1nnc(S(=O)(=O)NCc2ccc(-n3ccnc3)cc2)s1)c1ccc(Cl)cc1Cl. The fourth-order valence-electron chi connectivity index (χ4n) is 2.64.